The Bertz CT molecular complexity index is 1500. The molecule has 0 aliphatic carbocycles. The first-order valence-electron chi connectivity index (χ1n) is 11.3. The van der Waals surface area contributed by atoms with Crippen LogP contribution in [0.15, 0.2) is 109 Å². The Morgan fingerprint density at radius 1 is 0.765 bits per heavy atom. The largest absolute Gasteiger partial charge is 0.331 e. The third-order valence-electron chi connectivity index (χ3n) is 5.78. The van der Waals surface area contributed by atoms with Crippen LogP contribution in [0.1, 0.15) is 32.7 Å². The number of hydrogen-bond acceptors (Lipinski definition) is 1. The molecule has 1 N–H and O–H groups in total. The molecule has 0 unspecified atom stereocenters. The van der Waals surface area contributed by atoms with E-state index in [0.29, 0.717) is 12.2 Å². The van der Waals surface area contributed by atoms with E-state index in [9.17, 15) is 4.79 Å². The maximum absolute atomic E-state index is 13.7. The van der Waals surface area contributed by atoms with Gasteiger partial charge in [-0.2, -0.15) is 0 Å². The molecule has 0 spiro atoms. The van der Waals surface area contributed by atoms with E-state index >= 15 is 0 Å². The van der Waals surface area contributed by atoms with Gasteiger partial charge in [-0.1, -0.05) is 96.3 Å². The number of aromatic nitrogens is 1. The van der Waals surface area contributed by atoms with Crippen LogP contribution >= 0.6 is 0 Å². The molecule has 5 aromatic rings. The maximum atomic E-state index is 13.7. The number of rotatable bonds is 4. The van der Waals surface area contributed by atoms with Gasteiger partial charge < -0.3 is 9.88 Å². The Morgan fingerprint density at radius 3 is 2.15 bits per heavy atom. The minimum absolute atomic E-state index is 0.173. The number of aryl methyl sites for hydroxylation is 1. The van der Waals surface area contributed by atoms with Crippen LogP contribution in [0, 0.1) is 18.8 Å². The van der Waals surface area contributed by atoms with E-state index in [0.717, 1.165) is 38.8 Å². The van der Waals surface area contributed by atoms with Crippen molar-refractivity contribution in [2.45, 2.75) is 13.5 Å². The molecule has 4 aromatic carbocycles. The molecule has 0 atom stereocenters. The minimum Gasteiger partial charge on any atom is -0.331 e. The number of amides is 1. The van der Waals surface area contributed by atoms with Gasteiger partial charge >= 0.3 is 0 Å². The number of hydrogen-bond donors (Lipinski definition) is 1. The van der Waals surface area contributed by atoms with Gasteiger partial charge in [0.2, 0.25) is 0 Å². The highest BCUT2D eigenvalue weighted by Crippen LogP contribution is 2.28. The molecule has 0 saturated carbocycles. The molecule has 3 heteroatoms. The second-order valence-corrected chi connectivity index (χ2v) is 8.25. The third-order valence-corrected chi connectivity index (χ3v) is 5.78. The van der Waals surface area contributed by atoms with Crippen LogP contribution < -0.4 is 5.32 Å². The number of fused-ring (bicyclic) bond motifs is 1. The summed E-state index contributed by atoms with van der Waals surface area (Å²) in [6.45, 7) is 2.60. The quantitative estimate of drug-likeness (QED) is 0.312. The zero-order valence-electron chi connectivity index (χ0n) is 19.0. The molecule has 1 heterocycles. The van der Waals surface area contributed by atoms with E-state index in [4.69, 9.17) is 0 Å². The average molecular weight is 441 g/mol. The second-order valence-electron chi connectivity index (χ2n) is 8.25. The minimum atomic E-state index is -0.173. The first kappa shape index (κ1) is 21.3. The van der Waals surface area contributed by atoms with Crippen molar-refractivity contribution in [1.82, 2.24) is 4.57 Å². The zero-order valence-corrected chi connectivity index (χ0v) is 19.0. The van der Waals surface area contributed by atoms with Crippen molar-refractivity contribution in [3.63, 3.8) is 0 Å². The summed E-state index contributed by atoms with van der Waals surface area (Å²) in [5, 5.41) is 4.05. The number of anilines is 1. The predicted octanol–water partition coefficient (Wildman–Crippen LogP) is 6.65. The number of benzene rings is 4. The summed E-state index contributed by atoms with van der Waals surface area (Å²) >= 11 is 0. The Labute approximate surface area is 199 Å². The Hall–Kier alpha value is -4.55. The molecule has 0 radical (unpaired) electrons. The summed E-state index contributed by atoms with van der Waals surface area (Å²) in [6, 6.07) is 35.9. The number of para-hydroxylation sites is 1. The summed E-state index contributed by atoms with van der Waals surface area (Å²) in [6.07, 6.45) is 0. The van der Waals surface area contributed by atoms with Gasteiger partial charge in [0.25, 0.3) is 5.91 Å². The highest BCUT2D eigenvalue weighted by Gasteiger charge is 2.22. The summed E-state index contributed by atoms with van der Waals surface area (Å²) in [5.41, 5.74) is 6.22. The monoisotopic (exact) mass is 440 g/mol. The van der Waals surface area contributed by atoms with Crippen molar-refractivity contribution in [2.24, 2.45) is 0 Å². The molecular weight excluding hydrogens is 416 g/mol. The molecule has 164 valence electrons. The standard InChI is InChI=1S/C31H24N2O/c1-23-16-19-26(20-17-23)32-31(34)30-28(21-18-24-10-4-2-5-11-24)27-14-8-9-15-29(27)33(30)22-25-12-6-3-7-13-25/h2-17,19-20H,22H2,1H3,(H,32,34). The molecular formula is C31H24N2O. The van der Waals surface area contributed by atoms with Gasteiger partial charge in [-0.3, -0.25) is 4.79 Å². The lowest BCUT2D eigenvalue weighted by molar-refractivity contribution is 0.101. The van der Waals surface area contributed by atoms with Crippen molar-refractivity contribution in [2.75, 3.05) is 5.32 Å². The number of carbonyl (C=O) groups is 1. The van der Waals surface area contributed by atoms with Gasteiger partial charge in [-0.25, -0.2) is 0 Å². The van der Waals surface area contributed by atoms with Crippen LogP contribution in [0.4, 0.5) is 5.69 Å². The van der Waals surface area contributed by atoms with E-state index in [-0.39, 0.29) is 5.91 Å². The van der Waals surface area contributed by atoms with Gasteiger partial charge in [-0.05, 0) is 42.8 Å². The van der Waals surface area contributed by atoms with Crippen LogP contribution in [0.3, 0.4) is 0 Å². The van der Waals surface area contributed by atoms with Crippen molar-refractivity contribution >= 4 is 22.5 Å². The van der Waals surface area contributed by atoms with Crippen molar-refractivity contribution in [3.8, 4) is 11.8 Å². The molecule has 0 bridgehead atoms. The van der Waals surface area contributed by atoms with Crippen molar-refractivity contribution in [3.05, 3.63) is 137 Å². The van der Waals surface area contributed by atoms with E-state index in [1.165, 1.54) is 0 Å². The smallest absolute Gasteiger partial charge is 0.273 e. The SMILES string of the molecule is Cc1ccc(NC(=O)c2c(C#Cc3ccccc3)c3ccccc3n2Cc2ccccc2)cc1. The first-order chi connectivity index (χ1) is 16.7. The normalized spacial score (nSPS) is 10.5. The lowest BCUT2D eigenvalue weighted by Crippen LogP contribution is -2.19. The average Bonchev–Trinajstić information content (AvgIpc) is 3.18. The lowest BCUT2D eigenvalue weighted by atomic mass is 10.1. The van der Waals surface area contributed by atoms with Crippen molar-refractivity contribution < 1.29 is 4.79 Å². The van der Waals surface area contributed by atoms with E-state index in [1.807, 2.05) is 97.9 Å². The molecule has 0 aliphatic heterocycles. The fourth-order valence-electron chi connectivity index (χ4n) is 4.08. The molecule has 3 nitrogen and oxygen atoms in total. The molecule has 5 rings (SSSR count). The second kappa shape index (κ2) is 9.52. The van der Waals surface area contributed by atoms with Crippen LogP contribution in [0.25, 0.3) is 10.9 Å². The summed E-state index contributed by atoms with van der Waals surface area (Å²) in [5.74, 6) is 6.40. The molecule has 34 heavy (non-hydrogen) atoms. The zero-order chi connectivity index (χ0) is 23.3. The molecule has 0 saturated heterocycles. The van der Waals surface area contributed by atoms with E-state index in [2.05, 4.69) is 39.9 Å². The molecule has 1 aromatic heterocycles. The molecule has 0 aliphatic rings. The lowest BCUT2D eigenvalue weighted by Gasteiger charge is -2.12. The van der Waals surface area contributed by atoms with Gasteiger partial charge in [0.15, 0.2) is 0 Å². The highest BCUT2D eigenvalue weighted by atomic mass is 16.2. The van der Waals surface area contributed by atoms with Crippen molar-refractivity contribution in [1.29, 1.82) is 0 Å². The number of nitrogens with one attached hydrogen (secondary N) is 1. The van der Waals surface area contributed by atoms with Crippen LogP contribution in [0.5, 0.6) is 0 Å². The van der Waals surface area contributed by atoms with E-state index in [1.54, 1.807) is 0 Å². The Morgan fingerprint density at radius 2 is 1.41 bits per heavy atom. The predicted molar refractivity (Wildman–Crippen MR) is 139 cm³/mol. The topological polar surface area (TPSA) is 34.0 Å². The van der Waals surface area contributed by atoms with Gasteiger partial charge in [0.1, 0.15) is 5.69 Å². The summed E-state index contributed by atoms with van der Waals surface area (Å²) in [7, 11) is 0. The van der Waals surface area contributed by atoms with Crippen LogP contribution in [0.2, 0.25) is 0 Å². The first-order valence-corrected chi connectivity index (χ1v) is 11.3. The van der Waals surface area contributed by atoms with Gasteiger partial charge in [0.05, 0.1) is 11.1 Å². The van der Waals surface area contributed by atoms with Crippen LogP contribution in [-0.2, 0) is 6.54 Å². The highest BCUT2D eigenvalue weighted by molar-refractivity contribution is 6.09. The Balaban J connectivity index is 1.67. The number of nitrogens with zero attached hydrogens (tertiary/aromatic N) is 1. The summed E-state index contributed by atoms with van der Waals surface area (Å²) in [4.78, 5) is 13.7. The third kappa shape index (κ3) is 4.48. The maximum Gasteiger partial charge on any atom is 0.273 e. The fraction of sp³-hybridized carbons (Fsp3) is 0.0645. The van der Waals surface area contributed by atoms with Gasteiger partial charge in [-0.15, -0.1) is 0 Å². The van der Waals surface area contributed by atoms with Gasteiger partial charge in [0, 0.05) is 23.2 Å². The molecule has 1 amide bonds. The fourth-order valence-corrected chi connectivity index (χ4v) is 4.08. The van der Waals surface area contributed by atoms with E-state index < -0.39 is 0 Å². The van der Waals surface area contributed by atoms with Crippen LogP contribution in [-0.4, -0.2) is 10.5 Å². The Kier molecular flexibility index (Phi) is 5.97. The number of carbonyl (C=O) groups excluding carboxylic acids is 1. The summed E-state index contributed by atoms with van der Waals surface area (Å²) < 4.78 is 2.07. The molecule has 0 fully saturated rings.